The number of hydrogen-bond donors (Lipinski definition) is 2. The lowest BCUT2D eigenvalue weighted by molar-refractivity contribution is -0.137. The van der Waals surface area contributed by atoms with Crippen LogP contribution in [0.3, 0.4) is 0 Å². The number of carbonyl (C=O) groups is 2. The Labute approximate surface area is 123 Å². The summed E-state index contributed by atoms with van der Waals surface area (Å²) in [5.41, 5.74) is 1.52. The third kappa shape index (κ3) is 4.74. The number of nitrogens with one attached hydrogen (secondary N) is 1. The maximum absolute atomic E-state index is 12.2. The molecule has 5 nitrogen and oxygen atoms in total. The van der Waals surface area contributed by atoms with Gasteiger partial charge < -0.3 is 15.3 Å². The molecule has 0 aromatic heterocycles. The number of nitrogens with zero attached hydrogens (tertiary/aromatic N) is 1. The minimum atomic E-state index is -0.934. The molecule has 0 aliphatic carbocycles. The van der Waals surface area contributed by atoms with Gasteiger partial charge in [-0.05, 0) is 38.5 Å². The van der Waals surface area contributed by atoms with E-state index in [4.69, 9.17) is 16.7 Å². The van der Waals surface area contributed by atoms with Gasteiger partial charge in [-0.25, -0.2) is 4.79 Å². The molecule has 0 atom stereocenters. The van der Waals surface area contributed by atoms with Crippen molar-refractivity contribution in [1.29, 1.82) is 0 Å². The van der Waals surface area contributed by atoms with E-state index in [1.54, 1.807) is 12.1 Å². The Kier molecular flexibility index (Phi) is 5.82. The number of carbonyl (C=O) groups excluding carboxylic acids is 1. The first-order chi connectivity index (χ1) is 9.31. The molecular formula is C14H19ClN2O3. The largest absolute Gasteiger partial charge is 0.481 e. The van der Waals surface area contributed by atoms with Crippen molar-refractivity contribution >= 4 is 29.3 Å². The lowest BCUT2D eigenvalue weighted by Crippen LogP contribution is -2.41. The lowest BCUT2D eigenvalue weighted by Gasteiger charge is -2.26. The van der Waals surface area contributed by atoms with Gasteiger partial charge in [0, 0.05) is 12.6 Å². The normalized spacial score (nSPS) is 10.4. The molecule has 0 aliphatic heterocycles. The second kappa shape index (κ2) is 7.14. The molecule has 0 saturated heterocycles. The zero-order valence-electron chi connectivity index (χ0n) is 11.8. The van der Waals surface area contributed by atoms with Gasteiger partial charge in [-0.15, -0.1) is 0 Å². The van der Waals surface area contributed by atoms with Gasteiger partial charge in [-0.3, -0.25) is 4.79 Å². The molecule has 6 heteroatoms. The maximum atomic E-state index is 12.2. The first-order valence-corrected chi connectivity index (χ1v) is 6.74. The van der Waals surface area contributed by atoms with Gasteiger partial charge in [0.25, 0.3) is 0 Å². The summed E-state index contributed by atoms with van der Waals surface area (Å²) >= 11 is 6.06. The van der Waals surface area contributed by atoms with Crippen molar-refractivity contribution in [2.75, 3.05) is 11.9 Å². The van der Waals surface area contributed by atoms with Crippen LogP contribution in [0.15, 0.2) is 18.2 Å². The van der Waals surface area contributed by atoms with E-state index in [9.17, 15) is 9.59 Å². The highest BCUT2D eigenvalue weighted by molar-refractivity contribution is 6.33. The molecule has 0 saturated carbocycles. The van der Waals surface area contributed by atoms with Gasteiger partial charge in [0.15, 0.2) is 0 Å². The van der Waals surface area contributed by atoms with E-state index in [1.165, 1.54) is 4.90 Å². The Morgan fingerprint density at radius 3 is 2.55 bits per heavy atom. The van der Waals surface area contributed by atoms with E-state index in [0.29, 0.717) is 10.7 Å². The Hall–Kier alpha value is -1.75. The van der Waals surface area contributed by atoms with Crippen molar-refractivity contribution < 1.29 is 14.7 Å². The minimum Gasteiger partial charge on any atom is -0.481 e. The average Bonchev–Trinajstić information content (AvgIpc) is 2.32. The highest BCUT2D eigenvalue weighted by Gasteiger charge is 2.18. The number of urea groups is 1. The van der Waals surface area contributed by atoms with Crippen LogP contribution in [0.2, 0.25) is 5.02 Å². The number of halogens is 1. The SMILES string of the molecule is Cc1ccc(NC(=O)N(CCC(=O)O)C(C)C)c(Cl)c1. The molecule has 0 unspecified atom stereocenters. The Morgan fingerprint density at radius 2 is 2.05 bits per heavy atom. The van der Waals surface area contributed by atoms with E-state index in [1.807, 2.05) is 26.8 Å². The molecule has 1 aromatic rings. The number of anilines is 1. The molecule has 0 radical (unpaired) electrons. The van der Waals surface area contributed by atoms with E-state index >= 15 is 0 Å². The molecule has 1 rings (SSSR count). The summed E-state index contributed by atoms with van der Waals surface area (Å²) in [6.45, 7) is 5.73. The first kappa shape index (κ1) is 16.3. The highest BCUT2D eigenvalue weighted by atomic mass is 35.5. The topological polar surface area (TPSA) is 69.6 Å². The maximum Gasteiger partial charge on any atom is 0.322 e. The molecule has 1 aromatic carbocycles. The standard InChI is InChI=1S/C14H19ClN2O3/c1-9(2)17(7-6-13(18)19)14(20)16-12-5-4-10(3)8-11(12)15/h4-5,8-9H,6-7H2,1-3H3,(H,16,20)(H,18,19). The molecule has 0 heterocycles. The third-order valence-electron chi connectivity index (χ3n) is 2.82. The smallest absolute Gasteiger partial charge is 0.322 e. The summed E-state index contributed by atoms with van der Waals surface area (Å²) in [6, 6.07) is 4.88. The zero-order valence-corrected chi connectivity index (χ0v) is 12.6. The zero-order chi connectivity index (χ0) is 15.3. The van der Waals surface area contributed by atoms with Gasteiger partial charge in [0.2, 0.25) is 0 Å². The van der Waals surface area contributed by atoms with Crippen LogP contribution < -0.4 is 5.32 Å². The predicted molar refractivity (Wildman–Crippen MR) is 79.3 cm³/mol. The lowest BCUT2D eigenvalue weighted by atomic mass is 10.2. The molecule has 2 N–H and O–H groups in total. The van der Waals surface area contributed by atoms with Gasteiger partial charge in [-0.1, -0.05) is 17.7 Å². The summed E-state index contributed by atoms with van der Waals surface area (Å²) in [5.74, 6) is -0.934. The summed E-state index contributed by atoms with van der Waals surface area (Å²) in [4.78, 5) is 24.2. The fourth-order valence-corrected chi connectivity index (χ4v) is 2.00. The van der Waals surface area contributed by atoms with Crippen molar-refractivity contribution in [2.45, 2.75) is 33.2 Å². The van der Waals surface area contributed by atoms with Gasteiger partial charge >= 0.3 is 12.0 Å². The van der Waals surface area contributed by atoms with Crippen molar-refractivity contribution in [3.05, 3.63) is 28.8 Å². The molecule has 110 valence electrons. The molecular weight excluding hydrogens is 280 g/mol. The van der Waals surface area contributed by atoms with Crippen LogP contribution in [-0.2, 0) is 4.79 Å². The first-order valence-electron chi connectivity index (χ1n) is 6.37. The number of aryl methyl sites for hydroxylation is 1. The third-order valence-corrected chi connectivity index (χ3v) is 3.13. The Bertz CT molecular complexity index is 503. The number of benzene rings is 1. The van der Waals surface area contributed by atoms with Crippen molar-refractivity contribution in [2.24, 2.45) is 0 Å². The average molecular weight is 299 g/mol. The minimum absolute atomic E-state index is 0.0900. The van der Waals surface area contributed by atoms with Gasteiger partial charge in [-0.2, -0.15) is 0 Å². The van der Waals surface area contributed by atoms with E-state index < -0.39 is 5.97 Å². The molecule has 2 amide bonds. The summed E-state index contributed by atoms with van der Waals surface area (Å²) in [5, 5.41) is 11.9. The van der Waals surface area contributed by atoms with E-state index in [-0.39, 0.29) is 25.0 Å². The van der Waals surface area contributed by atoms with Crippen LogP contribution in [0, 0.1) is 6.92 Å². The van der Waals surface area contributed by atoms with E-state index in [2.05, 4.69) is 5.32 Å². The number of rotatable bonds is 5. The van der Waals surface area contributed by atoms with E-state index in [0.717, 1.165) is 5.56 Å². The van der Waals surface area contributed by atoms with Gasteiger partial charge in [0.1, 0.15) is 0 Å². The number of carboxylic acid groups (broad SMARTS) is 1. The van der Waals surface area contributed by atoms with Crippen LogP contribution in [0.5, 0.6) is 0 Å². The Morgan fingerprint density at radius 1 is 1.40 bits per heavy atom. The van der Waals surface area contributed by atoms with Crippen LogP contribution in [-0.4, -0.2) is 34.6 Å². The number of aliphatic carboxylic acids is 1. The van der Waals surface area contributed by atoms with Gasteiger partial charge in [0.05, 0.1) is 17.1 Å². The number of amides is 2. The molecule has 0 spiro atoms. The van der Waals surface area contributed by atoms with Crippen molar-refractivity contribution in [3.63, 3.8) is 0 Å². The molecule has 0 aliphatic rings. The molecule has 0 bridgehead atoms. The predicted octanol–water partition coefficient (Wildman–Crippen LogP) is 3.37. The van der Waals surface area contributed by atoms with Crippen molar-refractivity contribution in [3.8, 4) is 0 Å². The summed E-state index contributed by atoms with van der Waals surface area (Å²) in [6.07, 6.45) is -0.0900. The summed E-state index contributed by atoms with van der Waals surface area (Å²) in [7, 11) is 0. The van der Waals surface area contributed by atoms with Crippen LogP contribution in [0.1, 0.15) is 25.8 Å². The number of hydrogen-bond acceptors (Lipinski definition) is 2. The van der Waals surface area contributed by atoms with Crippen molar-refractivity contribution in [1.82, 2.24) is 4.90 Å². The summed E-state index contributed by atoms with van der Waals surface area (Å²) < 4.78 is 0. The van der Waals surface area contributed by atoms with Crippen LogP contribution >= 0.6 is 11.6 Å². The molecule has 0 fully saturated rings. The fraction of sp³-hybridized carbons (Fsp3) is 0.429. The van der Waals surface area contributed by atoms with Crippen LogP contribution in [0.4, 0.5) is 10.5 Å². The molecule has 20 heavy (non-hydrogen) atoms. The number of carboxylic acids is 1. The second-order valence-electron chi connectivity index (χ2n) is 4.84. The second-order valence-corrected chi connectivity index (χ2v) is 5.25. The highest BCUT2D eigenvalue weighted by Crippen LogP contribution is 2.23. The monoisotopic (exact) mass is 298 g/mol. The Balaban J connectivity index is 2.77. The fourth-order valence-electron chi connectivity index (χ4n) is 1.72. The quantitative estimate of drug-likeness (QED) is 0.875. The van der Waals surface area contributed by atoms with Crippen LogP contribution in [0.25, 0.3) is 0 Å².